The fourth-order valence-electron chi connectivity index (χ4n) is 2.14. The van der Waals surface area contributed by atoms with Crippen molar-refractivity contribution >= 4 is 15.9 Å². The van der Waals surface area contributed by atoms with E-state index in [1.807, 2.05) is 13.1 Å². The number of hydrogen-bond acceptors (Lipinski definition) is 2. The van der Waals surface area contributed by atoms with Crippen LogP contribution >= 0.6 is 15.9 Å². The van der Waals surface area contributed by atoms with Crippen molar-refractivity contribution < 1.29 is 0 Å². The lowest BCUT2D eigenvalue weighted by Gasteiger charge is -2.26. The van der Waals surface area contributed by atoms with Crippen LogP contribution in [0.2, 0.25) is 0 Å². The highest BCUT2D eigenvalue weighted by atomic mass is 79.9. The topological polar surface area (TPSA) is 25.2 Å². The predicted molar refractivity (Wildman–Crippen MR) is 64.4 cm³/mol. The molecule has 2 heterocycles. The fraction of sp³-hybridized carbons (Fsp3) is 0.545. The molecule has 1 aliphatic rings. The van der Waals surface area contributed by atoms with Crippen LogP contribution in [0.3, 0.4) is 0 Å². The van der Waals surface area contributed by atoms with Gasteiger partial charge in [-0.1, -0.05) is 15.9 Å². The third kappa shape index (κ3) is 1.88. The lowest BCUT2D eigenvalue weighted by Crippen LogP contribution is -2.33. The minimum absolute atomic E-state index is 0.134. The molecule has 1 aromatic heterocycles. The van der Waals surface area contributed by atoms with Gasteiger partial charge in [0.2, 0.25) is 0 Å². The number of likely N-dealkylation sites (N-methyl/N-ethyl adjacent to an activating group) is 1. The van der Waals surface area contributed by atoms with Crippen LogP contribution in [-0.2, 0) is 25.3 Å². The molecule has 0 aliphatic carbocycles. The maximum Gasteiger partial charge on any atom is 0.254 e. The quantitative estimate of drug-likeness (QED) is 0.719. The Hall–Kier alpha value is -0.610. The van der Waals surface area contributed by atoms with E-state index in [9.17, 15) is 4.79 Å². The zero-order chi connectivity index (χ0) is 11.0. The van der Waals surface area contributed by atoms with Crippen molar-refractivity contribution in [1.29, 1.82) is 0 Å². The van der Waals surface area contributed by atoms with Crippen molar-refractivity contribution in [1.82, 2.24) is 9.47 Å². The minimum Gasteiger partial charge on any atom is -0.315 e. The summed E-state index contributed by atoms with van der Waals surface area (Å²) >= 11 is 3.36. The van der Waals surface area contributed by atoms with Crippen LogP contribution < -0.4 is 5.56 Å². The Morgan fingerprint density at radius 2 is 2.20 bits per heavy atom. The van der Waals surface area contributed by atoms with E-state index in [0.717, 1.165) is 25.1 Å². The van der Waals surface area contributed by atoms with Crippen LogP contribution in [0.5, 0.6) is 0 Å². The van der Waals surface area contributed by atoms with Gasteiger partial charge in [-0.25, -0.2) is 0 Å². The van der Waals surface area contributed by atoms with Crippen molar-refractivity contribution in [2.24, 2.45) is 7.05 Å². The van der Waals surface area contributed by atoms with Crippen molar-refractivity contribution in [2.75, 3.05) is 13.6 Å². The van der Waals surface area contributed by atoms with Crippen LogP contribution in [0.15, 0.2) is 10.9 Å². The molecule has 0 fully saturated rings. The SMILES string of the molecule is CN1CCc2c(cc(CBr)c(=O)n2C)C1. The monoisotopic (exact) mass is 270 g/mol. The molecule has 0 atom stereocenters. The van der Waals surface area contributed by atoms with Gasteiger partial charge in [-0.15, -0.1) is 0 Å². The first-order valence-corrected chi connectivity index (χ1v) is 6.20. The summed E-state index contributed by atoms with van der Waals surface area (Å²) in [6, 6.07) is 2.04. The Morgan fingerprint density at radius 1 is 1.47 bits per heavy atom. The van der Waals surface area contributed by atoms with Crippen molar-refractivity contribution in [3.05, 3.63) is 33.2 Å². The van der Waals surface area contributed by atoms with Gasteiger partial charge in [-0.05, 0) is 18.7 Å². The van der Waals surface area contributed by atoms with E-state index in [1.165, 1.54) is 11.3 Å². The van der Waals surface area contributed by atoms with Gasteiger partial charge in [0.05, 0.1) is 0 Å². The average Bonchev–Trinajstić information content (AvgIpc) is 2.23. The lowest BCUT2D eigenvalue weighted by atomic mass is 10.0. The van der Waals surface area contributed by atoms with Crippen molar-refractivity contribution in [3.63, 3.8) is 0 Å². The molecule has 0 N–H and O–H groups in total. The molecule has 0 aromatic carbocycles. The van der Waals surface area contributed by atoms with E-state index < -0.39 is 0 Å². The summed E-state index contributed by atoms with van der Waals surface area (Å²) in [5.41, 5.74) is 3.48. The van der Waals surface area contributed by atoms with Crippen LogP contribution in [0, 0.1) is 0 Å². The fourth-order valence-corrected chi connectivity index (χ4v) is 2.54. The first-order valence-electron chi connectivity index (χ1n) is 5.08. The third-order valence-electron chi connectivity index (χ3n) is 3.02. The molecule has 82 valence electrons. The molecule has 0 amide bonds. The van der Waals surface area contributed by atoms with E-state index in [4.69, 9.17) is 0 Å². The number of fused-ring (bicyclic) bond motifs is 1. The van der Waals surface area contributed by atoms with Crippen LogP contribution in [0.1, 0.15) is 16.8 Å². The van der Waals surface area contributed by atoms with E-state index >= 15 is 0 Å². The minimum atomic E-state index is 0.134. The largest absolute Gasteiger partial charge is 0.315 e. The van der Waals surface area contributed by atoms with Crippen molar-refractivity contribution in [2.45, 2.75) is 18.3 Å². The predicted octanol–water partition coefficient (Wildman–Crippen LogP) is 1.27. The molecule has 0 saturated heterocycles. The first-order chi connectivity index (χ1) is 7.13. The average molecular weight is 271 g/mol. The highest BCUT2D eigenvalue weighted by Gasteiger charge is 2.17. The normalized spacial score (nSPS) is 16.5. The molecular formula is C11H15BrN2O. The summed E-state index contributed by atoms with van der Waals surface area (Å²) in [6.07, 6.45) is 0.972. The highest BCUT2D eigenvalue weighted by molar-refractivity contribution is 9.08. The molecule has 0 bridgehead atoms. The van der Waals surface area contributed by atoms with Gasteiger partial charge in [0, 0.05) is 43.1 Å². The van der Waals surface area contributed by atoms with E-state index in [1.54, 1.807) is 4.57 Å². The maximum absolute atomic E-state index is 11.9. The number of pyridine rings is 1. The molecule has 4 heteroatoms. The van der Waals surface area contributed by atoms with Gasteiger partial charge in [0.15, 0.2) is 0 Å². The summed E-state index contributed by atoms with van der Waals surface area (Å²) < 4.78 is 1.80. The second-order valence-electron chi connectivity index (χ2n) is 4.13. The Balaban J connectivity index is 2.58. The Bertz CT molecular complexity index is 439. The molecule has 0 unspecified atom stereocenters. The highest BCUT2D eigenvalue weighted by Crippen LogP contribution is 2.17. The van der Waals surface area contributed by atoms with E-state index in [0.29, 0.717) is 5.33 Å². The third-order valence-corrected chi connectivity index (χ3v) is 3.62. The van der Waals surface area contributed by atoms with Gasteiger partial charge in [0.25, 0.3) is 5.56 Å². The van der Waals surface area contributed by atoms with Gasteiger partial charge in [0.1, 0.15) is 0 Å². The van der Waals surface area contributed by atoms with E-state index in [2.05, 4.69) is 27.9 Å². The lowest BCUT2D eigenvalue weighted by molar-refractivity contribution is 0.305. The second-order valence-corrected chi connectivity index (χ2v) is 4.69. The van der Waals surface area contributed by atoms with Gasteiger partial charge < -0.3 is 9.47 Å². The molecule has 2 rings (SSSR count). The summed E-state index contributed by atoms with van der Waals surface area (Å²) in [6.45, 7) is 1.98. The Labute approximate surface area is 97.8 Å². The summed E-state index contributed by atoms with van der Waals surface area (Å²) in [4.78, 5) is 14.2. The van der Waals surface area contributed by atoms with Crippen LogP contribution in [0.4, 0.5) is 0 Å². The number of aromatic nitrogens is 1. The number of hydrogen-bond donors (Lipinski definition) is 0. The van der Waals surface area contributed by atoms with Gasteiger partial charge in [-0.3, -0.25) is 4.79 Å². The van der Waals surface area contributed by atoms with Crippen LogP contribution in [-0.4, -0.2) is 23.1 Å². The molecule has 1 aromatic rings. The molecule has 0 saturated carbocycles. The number of alkyl halides is 1. The zero-order valence-corrected chi connectivity index (χ0v) is 10.7. The molecule has 15 heavy (non-hydrogen) atoms. The van der Waals surface area contributed by atoms with Gasteiger partial charge >= 0.3 is 0 Å². The molecule has 0 spiro atoms. The number of rotatable bonds is 1. The first kappa shape index (κ1) is 10.9. The van der Waals surface area contributed by atoms with Crippen LogP contribution in [0.25, 0.3) is 0 Å². The number of nitrogens with zero attached hydrogens (tertiary/aromatic N) is 2. The summed E-state index contributed by atoms with van der Waals surface area (Å²) in [5.74, 6) is 0. The Morgan fingerprint density at radius 3 is 2.87 bits per heavy atom. The summed E-state index contributed by atoms with van der Waals surface area (Å²) in [5, 5.41) is 0.636. The molecule has 3 nitrogen and oxygen atoms in total. The number of halogens is 1. The Kier molecular flexibility index (Phi) is 2.98. The standard InChI is InChI=1S/C11H15BrN2O/c1-13-4-3-10-9(7-13)5-8(6-12)11(15)14(10)2/h5H,3-4,6-7H2,1-2H3. The van der Waals surface area contributed by atoms with E-state index in [-0.39, 0.29) is 5.56 Å². The smallest absolute Gasteiger partial charge is 0.254 e. The maximum atomic E-state index is 11.9. The molecule has 0 radical (unpaired) electrons. The second kappa shape index (κ2) is 4.10. The molecule has 1 aliphatic heterocycles. The molecular weight excluding hydrogens is 256 g/mol. The zero-order valence-electron chi connectivity index (χ0n) is 9.09. The van der Waals surface area contributed by atoms with Gasteiger partial charge in [-0.2, -0.15) is 0 Å². The summed E-state index contributed by atoms with van der Waals surface area (Å²) in [7, 11) is 3.99. The van der Waals surface area contributed by atoms with Crippen molar-refractivity contribution in [3.8, 4) is 0 Å².